The summed E-state index contributed by atoms with van der Waals surface area (Å²) in [7, 11) is 0. The van der Waals surface area contributed by atoms with E-state index in [-0.39, 0.29) is 11.9 Å². The topological polar surface area (TPSA) is 78.1 Å². The van der Waals surface area contributed by atoms with E-state index in [0.29, 0.717) is 5.75 Å². The van der Waals surface area contributed by atoms with Gasteiger partial charge in [0.15, 0.2) is 0 Å². The third kappa shape index (κ3) is 2.01. The number of rotatable bonds is 1. The van der Waals surface area contributed by atoms with Gasteiger partial charge in [0.05, 0.1) is 5.52 Å². The lowest BCUT2D eigenvalue weighted by atomic mass is 10.2. The SMILES string of the molecule is CC(=O)Oc1ccc2nc(N)ncc2c1. The van der Waals surface area contributed by atoms with Gasteiger partial charge >= 0.3 is 5.97 Å². The van der Waals surface area contributed by atoms with Gasteiger partial charge in [-0.15, -0.1) is 0 Å². The summed E-state index contributed by atoms with van der Waals surface area (Å²) in [5.74, 6) is 0.344. The molecule has 2 N–H and O–H groups in total. The Morgan fingerprint density at radius 3 is 3.00 bits per heavy atom. The molecule has 0 fully saturated rings. The fourth-order valence-corrected chi connectivity index (χ4v) is 1.26. The predicted molar refractivity (Wildman–Crippen MR) is 55.3 cm³/mol. The summed E-state index contributed by atoms with van der Waals surface area (Å²) in [6, 6.07) is 5.08. The third-order valence-corrected chi connectivity index (χ3v) is 1.83. The second-order valence-electron chi connectivity index (χ2n) is 3.04. The molecule has 0 spiro atoms. The number of carbonyl (C=O) groups is 1. The van der Waals surface area contributed by atoms with Crippen molar-refractivity contribution in [2.45, 2.75) is 6.92 Å². The van der Waals surface area contributed by atoms with E-state index in [0.717, 1.165) is 10.9 Å². The van der Waals surface area contributed by atoms with Crippen LogP contribution >= 0.6 is 0 Å². The molecule has 2 aromatic rings. The predicted octanol–water partition coefficient (Wildman–Crippen LogP) is 1.14. The zero-order valence-corrected chi connectivity index (χ0v) is 8.10. The zero-order valence-electron chi connectivity index (χ0n) is 8.10. The quantitative estimate of drug-likeness (QED) is 0.555. The van der Waals surface area contributed by atoms with E-state index in [1.807, 2.05) is 0 Å². The number of nitrogens with zero attached hydrogens (tertiary/aromatic N) is 2. The molecule has 1 heterocycles. The number of carbonyl (C=O) groups excluding carboxylic acids is 1. The highest BCUT2D eigenvalue weighted by atomic mass is 16.5. The van der Waals surface area contributed by atoms with Crippen LogP contribution in [0.3, 0.4) is 0 Å². The molecule has 0 saturated heterocycles. The van der Waals surface area contributed by atoms with E-state index in [1.54, 1.807) is 24.4 Å². The molecule has 5 nitrogen and oxygen atoms in total. The first kappa shape index (κ1) is 9.39. The summed E-state index contributed by atoms with van der Waals surface area (Å²) >= 11 is 0. The Kier molecular flexibility index (Phi) is 2.21. The maximum atomic E-state index is 10.7. The van der Waals surface area contributed by atoms with Gasteiger partial charge in [0.25, 0.3) is 0 Å². The largest absolute Gasteiger partial charge is 0.427 e. The molecular weight excluding hydrogens is 194 g/mol. The Morgan fingerprint density at radius 1 is 1.47 bits per heavy atom. The van der Waals surface area contributed by atoms with Crippen LogP contribution in [0.25, 0.3) is 10.9 Å². The number of fused-ring (bicyclic) bond motifs is 1. The molecule has 0 amide bonds. The number of benzene rings is 1. The fourth-order valence-electron chi connectivity index (χ4n) is 1.26. The first-order valence-corrected chi connectivity index (χ1v) is 4.36. The highest BCUT2D eigenvalue weighted by Gasteiger charge is 2.01. The maximum absolute atomic E-state index is 10.7. The molecule has 1 aromatic carbocycles. The highest BCUT2D eigenvalue weighted by molar-refractivity contribution is 5.81. The Hall–Kier alpha value is -2.17. The molecule has 5 heteroatoms. The number of anilines is 1. The molecule has 0 aliphatic carbocycles. The minimum absolute atomic E-state index is 0.225. The van der Waals surface area contributed by atoms with Gasteiger partial charge in [-0.3, -0.25) is 4.79 Å². The minimum Gasteiger partial charge on any atom is -0.427 e. The first-order chi connectivity index (χ1) is 7.15. The van der Waals surface area contributed by atoms with E-state index < -0.39 is 0 Å². The summed E-state index contributed by atoms with van der Waals surface area (Å²) in [6.45, 7) is 1.35. The van der Waals surface area contributed by atoms with Crippen LogP contribution < -0.4 is 10.5 Å². The second kappa shape index (κ2) is 3.53. The molecule has 0 radical (unpaired) electrons. The lowest BCUT2D eigenvalue weighted by Crippen LogP contribution is -2.01. The Labute approximate surface area is 85.9 Å². The summed E-state index contributed by atoms with van der Waals surface area (Å²) in [5, 5.41) is 0.781. The summed E-state index contributed by atoms with van der Waals surface area (Å²) < 4.78 is 4.93. The molecular formula is C10H9N3O2. The summed E-state index contributed by atoms with van der Waals surface area (Å²) in [6.07, 6.45) is 1.59. The van der Waals surface area contributed by atoms with Crippen LogP contribution in [0.4, 0.5) is 5.95 Å². The standard InChI is InChI=1S/C10H9N3O2/c1-6(14)15-8-2-3-9-7(4-8)5-12-10(11)13-9/h2-5H,1H3,(H2,11,12,13). The lowest BCUT2D eigenvalue weighted by molar-refractivity contribution is -0.131. The van der Waals surface area contributed by atoms with Crippen molar-refractivity contribution in [2.24, 2.45) is 0 Å². The average molecular weight is 203 g/mol. The van der Waals surface area contributed by atoms with Crippen molar-refractivity contribution in [1.82, 2.24) is 9.97 Å². The number of hydrogen-bond donors (Lipinski definition) is 1. The molecule has 0 aliphatic rings. The number of nitrogens with two attached hydrogens (primary N) is 1. The van der Waals surface area contributed by atoms with Crippen molar-refractivity contribution in [1.29, 1.82) is 0 Å². The van der Waals surface area contributed by atoms with Crippen LogP contribution in [0.1, 0.15) is 6.92 Å². The van der Waals surface area contributed by atoms with Gasteiger partial charge in [-0.2, -0.15) is 0 Å². The number of aromatic nitrogens is 2. The minimum atomic E-state index is -0.356. The maximum Gasteiger partial charge on any atom is 0.308 e. The van der Waals surface area contributed by atoms with Crippen LogP contribution in [-0.2, 0) is 4.79 Å². The van der Waals surface area contributed by atoms with Gasteiger partial charge in [-0.25, -0.2) is 9.97 Å². The zero-order chi connectivity index (χ0) is 10.8. The molecule has 76 valence electrons. The van der Waals surface area contributed by atoms with Crippen molar-refractivity contribution in [3.63, 3.8) is 0 Å². The van der Waals surface area contributed by atoms with E-state index in [4.69, 9.17) is 10.5 Å². The van der Waals surface area contributed by atoms with Gasteiger partial charge in [0.2, 0.25) is 5.95 Å². The number of nitrogen functional groups attached to an aromatic ring is 1. The van der Waals surface area contributed by atoms with E-state index in [9.17, 15) is 4.79 Å². The van der Waals surface area contributed by atoms with E-state index in [1.165, 1.54) is 6.92 Å². The Morgan fingerprint density at radius 2 is 2.27 bits per heavy atom. The van der Waals surface area contributed by atoms with Crippen LogP contribution in [0, 0.1) is 0 Å². The normalized spacial score (nSPS) is 10.2. The lowest BCUT2D eigenvalue weighted by Gasteiger charge is -2.02. The van der Waals surface area contributed by atoms with Gasteiger partial charge in [0.1, 0.15) is 5.75 Å². The number of hydrogen-bond acceptors (Lipinski definition) is 5. The van der Waals surface area contributed by atoms with Crippen LogP contribution in [0.5, 0.6) is 5.75 Å². The van der Waals surface area contributed by atoms with Crippen molar-refractivity contribution < 1.29 is 9.53 Å². The average Bonchev–Trinajstić information content (AvgIpc) is 2.17. The molecule has 0 atom stereocenters. The van der Waals surface area contributed by atoms with Crippen molar-refractivity contribution in [2.75, 3.05) is 5.73 Å². The molecule has 15 heavy (non-hydrogen) atoms. The highest BCUT2D eigenvalue weighted by Crippen LogP contribution is 2.19. The van der Waals surface area contributed by atoms with Crippen LogP contribution in [0.15, 0.2) is 24.4 Å². The van der Waals surface area contributed by atoms with Gasteiger partial charge < -0.3 is 10.5 Å². The van der Waals surface area contributed by atoms with Gasteiger partial charge in [0, 0.05) is 18.5 Å². The first-order valence-electron chi connectivity index (χ1n) is 4.36. The third-order valence-electron chi connectivity index (χ3n) is 1.83. The monoisotopic (exact) mass is 203 g/mol. The van der Waals surface area contributed by atoms with Gasteiger partial charge in [-0.05, 0) is 18.2 Å². The number of ether oxygens (including phenoxy) is 1. The fraction of sp³-hybridized carbons (Fsp3) is 0.100. The molecule has 2 rings (SSSR count). The van der Waals surface area contributed by atoms with E-state index >= 15 is 0 Å². The van der Waals surface area contributed by atoms with Crippen LogP contribution in [-0.4, -0.2) is 15.9 Å². The molecule has 0 bridgehead atoms. The van der Waals surface area contributed by atoms with E-state index in [2.05, 4.69) is 9.97 Å². The van der Waals surface area contributed by atoms with Crippen molar-refractivity contribution in [3.05, 3.63) is 24.4 Å². The van der Waals surface area contributed by atoms with Gasteiger partial charge in [-0.1, -0.05) is 0 Å². The molecule has 0 aliphatic heterocycles. The smallest absolute Gasteiger partial charge is 0.308 e. The number of esters is 1. The van der Waals surface area contributed by atoms with Crippen molar-refractivity contribution >= 4 is 22.8 Å². The summed E-state index contributed by atoms with van der Waals surface area (Å²) in [4.78, 5) is 18.6. The van der Waals surface area contributed by atoms with Crippen LogP contribution in [0.2, 0.25) is 0 Å². The Bertz CT molecular complexity index is 525. The molecule has 1 aromatic heterocycles. The van der Waals surface area contributed by atoms with Crippen molar-refractivity contribution in [3.8, 4) is 5.75 Å². The Balaban J connectivity index is 2.47. The second-order valence-corrected chi connectivity index (χ2v) is 3.04. The summed E-state index contributed by atoms with van der Waals surface area (Å²) in [5.41, 5.74) is 6.16. The molecule has 0 unspecified atom stereocenters. The molecule has 0 saturated carbocycles.